The van der Waals surface area contributed by atoms with Crippen LogP contribution in [-0.4, -0.2) is 43.8 Å². The summed E-state index contributed by atoms with van der Waals surface area (Å²) in [6.45, 7) is 6.18. The van der Waals surface area contributed by atoms with Gasteiger partial charge < -0.3 is 14.8 Å². The van der Waals surface area contributed by atoms with Gasteiger partial charge in [0.05, 0.1) is 22.0 Å². The van der Waals surface area contributed by atoms with Crippen LogP contribution in [0.2, 0.25) is 0 Å². The first kappa shape index (κ1) is 18.7. The molecule has 0 bridgehead atoms. The van der Waals surface area contributed by atoms with Crippen LogP contribution in [0.25, 0.3) is 0 Å². The van der Waals surface area contributed by atoms with Gasteiger partial charge in [-0.3, -0.25) is 4.90 Å². The van der Waals surface area contributed by atoms with Crippen LogP contribution < -0.4 is 5.32 Å². The number of nitrogens with zero attached hydrogens (tertiary/aromatic N) is 1. The fourth-order valence-corrected chi connectivity index (χ4v) is 3.87. The summed E-state index contributed by atoms with van der Waals surface area (Å²) in [7, 11) is 1.54. The van der Waals surface area contributed by atoms with Gasteiger partial charge in [0.25, 0.3) is 0 Å². The molecule has 1 aromatic rings. The minimum atomic E-state index is -0.537. The zero-order valence-electron chi connectivity index (χ0n) is 13.5. The van der Waals surface area contributed by atoms with Crippen LogP contribution >= 0.6 is 27.3 Å². The molecule has 1 atom stereocenters. The highest BCUT2D eigenvalue weighted by molar-refractivity contribution is 9.11. The molecule has 0 saturated heterocycles. The lowest BCUT2D eigenvalue weighted by molar-refractivity contribution is -0.140. The molecule has 6 nitrogen and oxygen atoms in total. The Bertz CT molecular complexity index is 671. The van der Waals surface area contributed by atoms with Crippen LogP contribution in [0.15, 0.2) is 39.8 Å². The standard InChI is InChI=1S/C16H19BrN2O4S/c1-4-7-19-10(2)13(15(20)23-9-8-22-3)14(18-16(19)21)11-5-6-12(17)24-11/h4-6,14H,1,7-9H2,2-3H3,(H,18,21)/t14-/m0/s1. The summed E-state index contributed by atoms with van der Waals surface area (Å²) in [4.78, 5) is 27.3. The molecular formula is C16H19BrN2O4S. The van der Waals surface area contributed by atoms with E-state index in [9.17, 15) is 9.59 Å². The molecule has 1 aliphatic rings. The summed E-state index contributed by atoms with van der Waals surface area (Å²) in [5.41, 5.74) is 0.984. The molecule has 8 heteroatoms. The van der Waals surface area contributed by atoms with Crippen molar-refractivity contribution in [2.24, 2.45) is 0 Å². The van der Waals surface area contributed by atoms with Gasteiger partial charge in [0.2, 0.25) is 0 Å². The highest BCUT2D eigenvalue weighted by atomic mass is 79.9. The van der Waals surface area contributed by atoms with Crippen LogP contribution in [0.3, 0.4) is 0 Å². The van der Waals surface area contributed by atoms with Crippen LogP contribution in [0, 0.1) is 0 Å². The van der Waals surface area contributed by atoms with Gasteiger partial charge >= 0.3 is 12.0 Å². The Morgan fingerprint density at radius 2 is 2.25 bits per heavy atom. The second-order valence-electron chi connectivity index (χ2n) is 5.05. The minimum Gasteiger partial charge on any atom is -0.460 e. The average molecular weight is 415 g/mol. The molecule has 2 heterocycles. The van der Waals surface area contributed by atoms with E-state index in [1.54, 1.807) is 13.0 Å². The monoisotopic (exact) mass is 414 g/mol. The zero-order valence-corrected chi connectivity index (χ0v) is 15.9. The van der Waals surface area contributed by atoms with Gasteiger partial charge in [0.1, 0.15) is 6.61 Å². The van der Waals surface area contributed by atoms with Crippen molar-refractivity contribution in [2.75, 3.05) is 26.9 Å². The number of amides is 2. The number of thiophene rings is 1. The number of urea groups is 1. The molecule has 0 aliphatic carbocycles. The Balaban J connectivity index is 2.39. The van der Waals surface area contributed by atoms with Crippen molar-refractivity contribution >= 4 is 39.3 Å². The molecule has 24 heavy (non-hydrogen) atoms. The first-order valence-electron chi connectivity index (χ1n) is 7.30. The Hall–Kier alpha value is -1.64. The van der Waals surface area contributed by atoms with Crippen molar-refractivity contribution in [3.8, 4) is 0 Å². The van der Waals surface area contributed by atoms with E-state index in [1.807, 2.05) is 12.1 Å². The maximum absolute atomic E-state index is 12.6. The summed E-state index contributed by atoms with van der Waals surface area (Å²) >= 11 is 4.87. The van der Waals surface area contributed by atoms with Crippen molar-refractivity contribution in [2.45, 2.75) is 13.0 Å². The van der Waals surface area contributed by atoms with Crippen LogP contribution in [0.5, 0.6) is 0 Å². The lowest BCUT2D eigenvalue weighted by Crippen LogP contribution is -2.47. The summed E-state index contributed by atoms with van der Waals surface area (Å²) in [6.07, 6.45) is 1.61. The Morgan fingerprint density at radius 3 is 2.83 bits per heavy atom. The van der Waals surface area contributed by atoms with E-state index in [1.165, 1.54) is 23.3 Å². The molecule has 2 amide bonds. The number of hydrogen-bond acceptors (Lipinski definition) is 5. The highest BCUT2D eigenvalue weighted by Gasteiger charge is 2.36. The fourth-order valence-electron chi connectivity index (χ4n) is 2.39. The van der Waals surface area contributed by atoms with E-state index in [0.717, 1.165) is 8.66 Å². The SMILES string of the molecule is C=CCN1C(=O)N[C@@H](c2ccc(Br)s2)C(C(=O)OCCOC)=C1C. The number of nitrogens with one attached hydrogen (secondary N) is 1. The fraction of sp³-hybridized carbons (Fsp3) is 0.375. The number of rotatable bonds is 7. The van der Waals surface area contributed by atoms with E-state index >= 15 is 0 Å². The van der Waals surface area contributed by atoms with Gasteiger partial charge in [-0.15, -0.1) is 17.9 Å². The molecular weight excluding hydrogens is 396 g/mol. The lowest BCUT2D eigenvalue weighted by atomic mass is 10.0. The molecule has 0 unspecified atom stereocenters. The van der Waals surface area contributed by atoms with Crippen molar-refractivity contribution in [1.29, 1.82) is 0 Å². The third kappa shape index (κ3) is 4.06. The Labute approximate surface area is 153 Å². The van der Waals surface area contributed by atoms with E-state index in [0.29, 0.717) is 24.4 Å². The van der Waals surface area contributed by atoms with E-state index in [2.05, 4.69) is 27.8 Å². The third-order valence-corrected chi connectivity index (χ3v) is 5.22. The molecule has 0 saturated carbocycles. The second-order valence-corrected chi connectivity index (χ2v) is 7.55. The van der Waals surface area contributed by atoms with Gasteiger partial charge in [-0.05, 0) is 35.0 Å². The van der Waals surface area contributed by atoms with Gasteiger partial charge in [-0.2, -0.15) is 0 Å². The maximum atomic E-state index is 12.6. The number of methoxy groups -OCH3 is 1. The number of carbonyl (C=O) groups excluding carboxylic acids is 2. The van der Waals surface area contributed by atoms with Crippen LogP contribution in [0.4, 0.5) is 4.79 Å². The number of hydrogen-bond donors (Lipinski definition) is 1. The maximum Gasteiger partial charge on any atom is 0.338 e. The number of esters is 1. The van der Waals surface area contributed by atoms with Gasteiger partial charge in [-0.1, -0.05) is 6.08 Å². The quantitative estimate of drug-likeness (QED) is 0.422. The first-order chi connectivity index (χ1) is 11.5. The van der Waals surface area contributed by atoms with Crippen LogP contribution in [0.1, 0.15) is 17.8 Å². The molecule has 1 aromatic heterocycles. The highest BCUT2D eigenvalue weighted by Crippen LogP contribution is 2.36. The summed E-state index contributed by atoms with van der Waals surface area (Å²) < 4.78 is 11.1. The predicted octanol–water partition coefficient (Wildman–Crippen LogP) is 3.23. The topological polar surface area (TPSA) is 67.9 Å². The third-order valence-electron chi connectivity index (χ3n) is 3.53. The molecule has 130 valence electrons. The smallest absolute Gasteiger partial charge is 0.338 e. The van der Waals surface area contributed by atoms with Crippen molar-refractivity contribution in [1.82, 2.24) is 10.2 Å². The van der Waals surface area contributed by atoms with Crippen molar-refractivity contribution < 1.29 is 19.1 Å². The molecule has 1 aliphatic heterocycles. The van der Waals surface area contributed by atoms with Gasteiger partial charge in [0, 0.05) is 24.2 Å². The minimum absolute atomic E-state index is 0.155. The number of allylic oxidation sites excluding steroid dienone is 1. The number of ether oxygens (including phenoxy) is 2. The summed E-state index contributed by atoms with van der Waals surface area (Å²) in [5.74, 6) is -0.465. The van der Waals surface area contributed by atoms with E-state index < -0.39 is 12.0 Å². The number of halogens is 1. The molecule has 0 aromatic carbocycles. The average Bonchev–Trinajstić information content (AvgIpc) is 2.97. The predicted molar refractivity (Wildman–Crippen MR) is 95.7 cm³/mol. The summed E-state index contributed by atoms with van der Waals surface area (Å²) in [5, 5.41) is 2.87. The normalized spacial score (nSPS) is 17.7. The van der Waals surface area contributed by atoms with Gasteiger partial charge in [-0.25, -0.2) is 9.59 Å². The first-order valence-corrected chi connectivity index (χ1v) is 8.91. The zero-order chi connectivity index (χ0) is 17.7. The molecule has 0 radical (unpaired) electrons. The Morgan fingerprint density at radius 1 is 1.50 bits per heavy atom. The van der Waals surface area contributed by atoms with Crippen molar-refractivity contribution in [3.05, 3.63) is 44.7 Å². The van der Waals surface area contributed by atoms with E-state index in [-0.39, 0.29) is 12.6 Å². The lowest BCUT2D eigenvalue weighted by Gasteiger charge is -2.34. The Kier molecular flexibility index (Phi) is 6.59. The molecule has 1 N–H and O–H groups in total. The second kappa shape index (κ2) is 8.46. The molecule has 0 fully saturated rings. The van der Waals surface area contributed by atoms with E-state index in [4.69, 9.17) is 9.47 Å². The molecule has 0 spiro atoms. The summed E-state index contributed by atoms with van der Waals surface area (Å²) in [6, 6.07) is 2.95. The number of carbonyl (C=O) groups is 2. The van der Waals surface area contributed by atoms with Crippen LogP contribution in [-0.2, 0) is 14.3 Å². The molecule has 2 rings (SSSR count). The van der Waals surface area contributed by atoms with Crippen molar-refractivity contribution in [3.63, 3.8) is 0 Å². The van der Waals surface area contributed by atoms with Gasteiger partial charge in [0.15, 0.2) is 0 Å². The largest absolute Gasteiger partial charge is 0.460 e.